The van der Waals surface area contributed by atoms with E-state index in [2.05, 4.69) is 66.2 Å². The number of hydrogen-bond acceptors (Lipinski definition) is 5. The number of benzene rings is 2. The van der Waals surface area contributed by atoms with Gasteiger partial charge in [0.25, 0.3) is 0 Å². The van der Waals surface area contributed by atoms with Crippen molar-refractivity contribution in [2.45, 2.75) is 71.4 Å². The van der Waals surface area contributed by atoms with Gasteiger partial charge in [0, 0.05) is 25.4 Å². The quantitative estimate of drug-likeness (QED) is 0.300. The molecule has 0 spiro atoms. The van der Waals surface area contributed by atoms with E-state index >= 15 is 0 Å². The van der Waals surface area contributed by atoms with Crippen molar-refractivity contribution in [3.05, 3.63) is 77.0 Å². The summed E-state index contributed by atoms with van der Waals surface area (Å²) in [7, 11) is 1.65. The largest absolute Gasteiger partial charge is 0.485 e. The Morgan fingerprint density at radius 3 is 2.68 bits per heavy atom. The van der Waals surface area contributed by atoms with Crippen molar-refractivity contribution in [3.8, 4) is 22.8 Å². The lowest BCUT2D eigenvalue weighted by atomic mass is 9.82. The third-order valence-corrected chi connectivity index (χ3v) is 9.39. The number of aliphatic carboxylic acids is 1. The predicted octanol–water partition coefficient (Wildman–Crippen LogP) is 7.27. The fraction of sp³-hybridized carbons (Fsp3) is 0.486. The first-order valence-corrected chi connectivity index (χ1v) is 15.1. The van der Waals surface area contributed by atoms with Crippen LogP contribution in [0.4, 0.5) is 0 Å². The van der Waals surface area contributed by atoms with Crippen LogP contribution in [0.25, 0.3) is 11.1 Å². The van der Waals surface area contributed by atoms with E-state index in [0.29, 0.717) is 17.2 Å². The second kappa shape index (κ2) is 11.1. The van der Waals surface area contributed by atoms with Gasteiger partial charge in [0.05, 0.1) is 13.0 Å². The number of likely N-dealkylation sites (tertiary alicyclic amines) is 1. The molecular formula is C35H42N2O4. The van der Waals surface area contributed by atoms with Crippen molar-refractivity contribution in [2.75, 3.05) is 20.2 Å². The van der Waals surface area contributed by atoms with Crippen LogP contribution in [0.2, 0.25) is 0 Å². The van der Waals surface area contributed by atoms with Gasteiger partial charge in [0.15, 0.2) is 0 Å². The number of aryl methyl sites for hydroxylation is 1. The zero-order valence-electron chi connectivity index (χ0n) is 24.7. The maximum atomic E-state index is 11.9. The van der Waals surface area contributed by atoms with Gasteiger partial charge < -0.3 is 14.6 Å². The highest BCUT2D eigenvalue weighted by atomic mass is 16.5. The lowest BCUT2D eigenvalue weighted by Crippen LogP contribution is -2.23. The van der Waals surface area contributed by atoms with E-state index in [-0.39, 0.29) is 12.0 Å². The van der Waals surface area contributed by atoms with Crippen LogP contribution in [0.3, 0.4) is 0 Å². The number of ether oxygens (including phenoxy) is 2. The van der Waals surface area contributed by atoms with Crippen molar-refractivity contribution in [1.82, 2.24) is 9.88 Å². The molecule has 6 heteroatoms. The van der Waals surface area contributed by atoms with Gasteiger partial charge in [0.1, 0.15) is 11.9 Å². The Labute approximate surface area is 243 Å². The van der Waals surface area contributed by atoms with Crippen LogP contribution in [-0.2, 0) is 17.8 Å². The van der Waals surface area contributed by atoms with Crippen molar-refractivity contribution < 1.29 is 19.4 Å². The standard InChI is InChI=1S/C35H42N2O4/c1-22(34(38)39)33(24-6-7-24)27-8-5-23-10-12-30(41-31(23)18-27)26-9-11-29(25-13-15-36-32(19-25)40-4)28(17-26)20-37-16-14-35(2,3)21-37/h5,8-9,11,13,15,17-19,22,24,30,33H,6-7,10,12,14,16,20-21H2,1-4H3,(H,38,39)/t22-,30-,33?/m0/s1. The van der Waals surface area contributed by atoms with Crippen molar-refractivity contribution in [3.63, 3.8) is 0 Å². The number of methoxy groups -OCH3 is 1. The molecule has 3 aromatic rings. The molecule has 3 heterocycles. The van der Waals surface area contributed by atoms with Gasteiger partial charge in [-0.25, -0.2) is 4.98 Å². The number of nitrogens with zero attached hydrogens (tertiary/aromatic N) is 2. The zero-order valence-corrected chi connectivity index (χ0v) is 24.7. The summed E-state index contributed by atoms with van der Waals surface area (Å²) in [5, 5.41) is 9.77. The van der Waals surface area contributed by atoms with Gasteiger partial charge in [0.2, 0.25) is 5.88 Å². The maximum absolute atomic E-state index is 11.9. The van der Waals surface area contributed by atoms with E-state index < -0.39 is 11.9 Å². The lowest BCUT2D eigenvalue weighted by Gasteiger charge is -2.29. The molecule has 0 bridgehead atoms. The molecule has 6 nitrogen and oxygen atoms in total. The molecular weight excluding hydrogens is 512 g/mol. The van der Waals surface area contributed by atoms with Crippen molar-refractivity contribution in [1.29, 1.82) is 0 Å². The number of pyridine rings is 1. The van der Waals surface area contributed by atoms with Crippen LogP contribution in [0.1, 0.15) is 80.7 Å². The number of fused-ring (bicyclic) bond motifs is 1. The van der Waals surface area contributed by atoms with Gasteiger partial charge in [-0.1, -0.05) is 51.1 Å². The molecule has 41 heavy (non-hydrogen) atoms. The molecule has 3 atom stereocenters. The van der Waals surface area contributed by atoms with E-state index in [1.54, 1.807) is 7.11 Å². The Bertz CT molecular complexity index is 1430. The first-order chi connectivity index (χ1) is 19.7. The smallest absolute Gasteiger partial charge is 0.306 e. The van der Waals surface area contributed by atoms with Crippen LogP contribution in [0, 0.1) is 17.3 Å². The number of carboxylic acids is 1. The fourth-order valence-corrected chi connectivity index (χ4v) is 6.92. The molecule has 1 N–H and O–H groups in total. The fourth-order valence-electron chi connectivity index (χ4n) is 6.92. The number of hydrogen-bond donors (Lipinski definition) is 1. The molecule has 0 radical (unpaired) electrons. The van der Waals surface area contributed by atoms with Gasteiger partial charge in [-0.15, -0.1) is 0 Å². The van der Waals surface area contributed by atoms with Gasteiger partial charge in [-0.2, -0.15) is 0 Å². The number of aromatic nitrogens is 1. The summed E-state index contributed by atoms with van der Waals surface area (Å²) in [5.74, 6) is 0.889. The molecule has 1 saturated heterocycles. The molecule has 6 rings (SSSR count). The Morgan fingerprint density at radius 2 is 1.98 bits per heavy atom. The van der Waals surface area contributed by atoms with Crippen LogP contribution in [0.5, 0.6) is 11.6 Å². The van der Waals surface area contributed by atoms with E-state index in [0.717, 1.165) is 62.2 Å². The van der Waals surface area contributed by atoms with E-state index in [4.69, 9.17) is 9.47 Å². The van der Waals surface area contributed by atoms with Crippen molar-refractivity contribution in [2.24, 2.45) is 17.3 Å². The molecule has 2 aromatic carbocycles. The molecule has 1 saturated carbocycles. The maximum Gasteiger partial charge on any atom is 0.306 e. The van der Waals surface area contributed by atoms with Gasteiger partial charge in [-0.05, 0) is 101 Å². The van der Waals surface area contributed by atoms with E-state index in [9.17, 15) is 9.90 Å². The van der Waals surface area contributed by atoms with Crippen LogP contribution in [-0.4, -0.2) is 41.2 Å². The SMILES string of the molecule is COc1cc(-c2ccc([C@@H]3CCc4ccc(C(C5CC5)[C@H](C)C(=O)O)cc4O3)cc2CN2CCC(C)(C)C2)ccn1. The summed E-state index contributed by atoms with van der Waals surface area (Å²) >= 11 is 0. The summed E-state index contributed by atoms with van der Waals surface area (Å²) in [4.78, 5) is 18.8. The van der Waals surface area contributed by atoms with Crippen LogP contribution in [0.15, 0.2) is 54.7 Å². The van der Waals surface area contributed by atoms with Crippen LogP contribution >= 0.6 is 0 Å². The highest BCUT2D eigenvalue weighted by molar-refractivity contribution is 5.71. The monoisotopic (exact) mass is 554 g/mol. The highest BCUT2D eigenvalue weighted by Gasteiger charge is 2.39. The number of rotatable bonds is 9. The number of carboxylic acid groups (broad SMARTS) is 1. The number of carbonyl (C=O) groups is 1. The minimum Gasteiger partial charge on any atom is -0.485 e. The molecule has 2 aliphatic heterocycles. The second-order valence-electron chi connectivity index (χ2n) is 13.1. The first kappa shape index (κ1) is 27.8. The third-order valence-electron chi connectivity index (χ3n) is 9.39. The lowest BCUT2D eigenvalue weighted by molar-refractivity contribution is -0.142. The first-order valence-electron chi connectivity index (χ1n) is 15.1. The molecule has 0 amide bonds. The molecule has 2 fully saturated rings. The van der Waals surface area contributed by atoms with E-state index in [1.165, 1.54) is 28.7 Å². The summed E-state index contributed by atoms with van der Waals surface area (Å²) in [5.41, 5.74) is 7.44. The highest BCUT2D eigenvalue weighted by Crippen LogP contribution is 2.48. The van der Waals surface area contributed by atoms with Crippen LogP contribution < -0.4 is 9.47 Å². The molecule has 216 valence electrons. The zero-order chi connectivity index (χ0) is 28.7. The Kier molecular flexibility index (Phi) is 7.54. The molecule has 3 aliphatic rings. The van der Waals surface area contributed by atoms with E-state index in [1.807, 2.05) is 19.2 Å². The predicted molar refractivity (Wildman–Crippen MR) is 160 cm³/mol. The molecule has 1 aromatic heterocycles. The Morgan fingerprint density at radius 1 is 1.15 bits per heavy atom. The topological polar surface area (TPSA) is 71.9 Å². The summed E-state index contributed by atoms with van der Waals surface area (Å²) < 4.78 is 12.1. The minimum absolute atomic E-state index is 0.0368. The third kappa shape index (κ3) is 5.99. The van der Waals surface area contributed by atoms with Gasteiger partial charge >= 0.3 is 5.97 Å². The van der Waals surface area contributed by atoms with Crippen molar-refractivity contribution >= 4 is 5.97 Å². The average molecular weight is 555 g/mol. The molecule has 1 unspecified atom stereocenters. The minimum atomic E-state index is -0.723. The Balaban J connectivity index is 1.30. The summed E-state index contributed by atoms with van der Waals surface area (Å²) in [6, 6.07) is 17.3. The molecule has 1 aliphatic carbocycles. The summed E-state index contributed by atoms with van der Waals surface area (Å²) in [6.07, 6.45) is 7.06. The second-order valence-corrected chi connectivity index (χ2v) is 13.1. The van der Waals surface area contributed by atoms with Gasteiger partial charge in [-0.3, -0.25) is 9.69 Å². The average Bonchev–Trinajstić information content (AvgIpc) is 3.74. The normalized spacial score (nSPS) is 21.5. The summed E-state index contributed by atoms with van der Waals surface area (Å²) in [6.45, 7) is 9.63. The Hall–Kier alpha value is -3.38.